The lowest BCUT2D eigenvalue weighted by molar-refractivity contribution is -0.182. The highest BCUT2D eigenvalue weighted by molar-refractivity contribution is 5.98. The monoisotopic (exact) mass is 532 g/mol. The van der Waals surface area contributed by atoms with E-state index in [1.165, 1.54) is 12.5 Å². The van der Waals surface area contributed by atoms with Crippen LogP contribution in [0.5, 0.6) is 0 Å². The van der Waals surface area contributed by atoms with Crippen LogP contribution in [0.2, 0.25) is 0 Å². The molecule has 39 heavy (non-hydrogen) atoms. The summed E-state index contributed by atoms with van der Waals surface area (Å²) in [7, 11) is 0. The van der Waals surface area contributed by atoms with Gasteiger partial charge in [-0.05, 0) is 36.8 Å². The molecule has 1 saturated heterocycles. The highest BCUT2D eigenvalue weighted by Gasteiger charge is 2.51. The van der Waals surface area contributed by atoms with Crippen molar-refractivity contribution in [2.24, 2.45) is 5.73 Å². The summed E-state index contributed by atoms with van der Waals surface area (Å²) in [6, 6.07) is 12.6. The number of unbranched alkanes of at least 4 members (excludes halogenated alkanes) is 1. The van der Waals surface area contributed by atoms with Crippen molar-refractivity contribution in [2.75, 3.05) is 31.2 Å². The molecule has 0 bridgehead atoms. The van der Waals surface area contributed by atoms with Crippen molar-refractivity contribution >= 4 is 17.5 Å². The van der Waals surface area contributed by atoms with Gasteiger partial charge in [-0.1, -0.05) is 31.9 Å². The minimum absolute atomic E-state index is 0.279. The van der Waals surface area contributed by atoms with Crippen LogP contribution in [0.4, 0.5) is 5.69 Å². The van der Waals surface area contributed by atoms with Crippen molar-refractivity contribution in [2.45, 2.75) is 38.0 Å². The van der Waals surface area contributed by atoms with E-state index in [2.05, 4.69) is 27.3 Å². The maximum atomic E-state index is 13.5. The second kappa shape index (κ2) is 11.6. The summed E-state index contributed by atoms with van der Waals surface area (Å²) in [5.74, 6) is -2.74. The number of rotatable bonds is 10. The number of hydrogen-bond acceptors (Lipinski definition) is 8. The molecule has 0 saturated carbocycles. The van der Waals surface area contributed by atoms with E-state index in [0.29, 0.717) is 25.5 Å². The Morgan fingerprint density at radius 1 is 1.13 bits per heavy atom. The molecule has 1 fully saturated rings. The maximum Gasteiger partial charge on any atom is 0.351 e. The molecule has 3 aromatic rings. The summed E-state index contributed by atoms with van der Waals surface area (Å²) in [4.78, 5) is 32.6. The Labute approximate surface area is 226 Å². The number of primary amides is 1. The van der Waals surface area contributed by atoms with Crippen LogP contribution in [0, 0.1) is 0 Å². The first kappa shape index (κ1) is 26.2. The molecule has 3 N–H and O–H groups in total. The van der Waals surface area contributed by atoms with Crippen LogP contribution in [0.25, 0.3) is 17.1 Å². The molecule has 204 valence electrons. The Morgan fingerprint density at radius 3 is 2.67 bits per heavy atom. The Bertz CT molecular complexity index is 1340. The van der Waals surface area contributed by atoms with E-state index < -0.39 is 23.6 Å². The van der Waals surface area contributed by atoms with E-state index in [4.69, 9.17) is 25.0 Å². The average molecular weight is 533 g/mol. The number of carbonyl (C=O) groups excluding carboxylic acids is 2. The van der Waals surface area contributed by atoms with Crippen molar-refractivity contribution in [1.82, 2.24) is 20.1 Å². The molecular weight excluding hydrogens is 500 g/mol. The van der Waals surface area contributed by atoms with Crippen molar-refractivity contribution < 1.29 is 23.8 Å². The lowest BCUT2D eigenvalue weighted by Crippen LogP contribution is -2.60. The van der Waals surface area contributed by atoms with Crippen LogP contribution in [0.3, 0.4) is 0 Å². The Balaban J connectivity index is 1.39. The maximum absolute atomic E-state index is 13.5. The number of hydrogen-bond donors (Lipinski definition) is 2. The molecule has 1 atom stereocenters. The zero-order chi connectivity index (χ0) is 27.2. The standard InChI is InChI=1S/C28H32N6O5/c1-2-3-9-24(28(27(29)36)38-17-18-39-28)31-26(35)22-8-5-11-30-25(22)34-12-10-23(32-34)20-6-4-7-21(19-20)33-13-15-37-16-14-33/h4-8,10-12,17-19,24H,2-3,9,13-16H2,1H3,(H2,29,36)(H,31,35). The largest absolute Gasteiger partial charge is 0.447 e. The van der Waals surface area contributed by atoms with E-state index in [1.54, 1.807) is 29.2 Å². The summed E-state index contributed by atoms with van der Waals surface area (Å²) in [6.07, 6.45) is 7.86. The van der Waals surface area contributed by atoms with Gasteiger partial charge in [-0.25, -0.2) is 9.67 Å². The van der Waals surface area contributed by atoms with E-state index in [9.17, 15) is 9.59 Å². The molecule has 11 nitrogen and oxygen atoms in total. The molecule has 2 amide bonds. The number of benzene rings is 1. The van der Waals surface area contributed by atoms with Crippen LogP contribution < -0.4 is 16.0 Å². The fourth-order valence-electron chi connectivity index (χ4n) is 4.78. The molecule has 0 spiro atoms. The number of nitrogens with zero attached hydrogens (tertiary/aromatic N) is 4. The number of ether oxygens (including phenoxy) is 3. The number of pyridine rings is 1. The van der Waals surface area contributed by atoms with Crippen molar-refractivity contribution in [3.8, 4) is 17.1 Å². The topological polar surface area (TPSA) is 134 Å². The summed E-state index contributed by atoms with van der Waals surface area (Å²) in [5, 5.41) is 7.62. The Morgan fingerprint density at radius 2 is 1.92 bits per heavy atom. The SMILES string of the molecule is CCCCC(NC(=O)c1cccnc1-n1ccc(-c2cccc(N3CCOCC3)c2)n1)C1(C(N)=O)OC=CO1. The molecule has 0 radical (unpaired) electrons. The molecule has 2 aliphatic rings. The van der Waals surface area contributed by atoms with Crippen molar-refractivity contribution in [3.63, 3.8) is 0 Å². The van der Waals surface area contributed by atoms with Gasteiger partial charge in [-0.3, -0.25) is 9.59 Å². The lowest BCUT2D eigenvalue weighted by atomic mass is 9.99. The number of aromatic nitrogens is 3. The van der Waals surface area contributed by atoms with E-state index >= 15 is 0 Å². The van der Waals surface area contributed by atoms with Crippen LogP contribution >= 0.6 is 0 Å². The fourth-order valence-corrected chi connectivity index (χ4v) is 4.78. The van der Waals surface area contributed by atoms with Gasteiger partial charge in [0, 0.05) is 36.7 Å². The fraction of sp³-hybridized carbons (Fsp3) is 0.357. The molecule has 2 aromatic heterocycles. The van der Waals surface area contributed by atoms with Gasteiger partial charge in [0.1, 0.15) is 18.6 Å². The number of amides is 2. The van der Waals surface area contributed by atoms with E-state index in [0.717, 1.165) is 42.9 Å². The van der Waals surface area contributed by atoms with Crippen LogP contribution in [-0.4, -0.2) is 64.7 Å². The third kappa shape index (κ3) is 5.44. The number of morpholine rings is 1. The van der Waals surface area contributed by atoms with Gasteiger partial charge in [0.2, 0.25) is 0 Å². The minimum atomic E-state index is -1.81. The van der Waals surface area contributed by atoms with E-state index in [1.807, 2.05) is 25.1 Å². The van der Waals surface area contributed by atoms with Crippen LogP contribution in [0.15, 0.2) is 67.4 Å². The Kier molecular flexibility index (Phi) is 7.78. The summed E-state index contributed by atoms with van der Waals surface area (Å²) >= 11 is 0. The van der Waals surface area contributed by atoms with Gasteiger partial charge in [-0.2, -0.15) is 5.10 Å². The van der Waals surface area contributed by atoms with Crippen LogP contribution in [-0.2, 0) is 19.0 Å². The van der Waals surface area contributed by atoms with Crippen molar-refractivity contribution in [3.05, 3.63) is 72.9 Å². The highest BCUT2D eigenvalue weighted by Crippen LogP contribution is 2.29. The first-order chi connectivity index (χ1) is 19.0. The van der Waals surface area contributed by atoms with Crippen molar-refractivity contribution in [1.29, 1.82) is 0 Å². The molecule has 1 unspecified atom stereocenters. The van der Waals surface area contributed by atoms with Gasteiger partial charge in [0.05, 0.1) is 24.5 Å². The molecule has 0 aliphatic carbocycles. The zero-order valence-corrected chi connectivity index (χ0v) is 21.8. The van der Waals surface area contributed by atoms with Crippen LogP contribution in [0.1, 0.15) is 36.5 Å². The summed E-state index contributed by atoms with van der Waals surface area (Å²) < 4.78 is 18.0. The van der Waals surface area contributed by atoms with E-state index in [-0.39, 0.29) is 5.56 Å². The molecular formula is C28H32N6O5. The second-order valence-electron chi connectivity index (χ2n) is 9.38. The second-order valence-corrected chi connectivity index (χ2v) is 9.38. The quantitative estimate of drug-likeness (QED) is 0.407. The molecule has 11 heteroatoms. The first-order valence-corrected chi connectivity index (χ1v) is 13.1. The first-order valence-electron chi connectivity index (χ1n) is 13.1. The summed E-state index contributed by atoms with van der Waals surface area (Å²) in [6.45, 7) is 5.10. The van der Waals surface area contributed by atoms with Gasteiger partial charge in [-0.15, -0.1) is 0 Å². The van der Waals surface area contributed by atoms with Gasteiger partial charge in [0.25, 0.3) is 5.91 Å². The predicted octanol–water partition coefficient (Wildman–Crippen LogP) is 2.76. The lowest BCUT2D eigenvalue weighted by Gasteiger charge is -2.33. The smallest absolute Gasteiger partial charge is 0.351 e. The molecule has 1 aromatic carbocycles. The Hall–Kier alpha value is -4.38. The molecule has 5 rings (SSSR count). The zero-order valence-electron chi connectivity index (χ0n) is 21.8. The number of anilines is 1. The van der Waals surface area contributed by atoms with Gasteiger partial charge in [0.15, 0.2) is 5.82 Å². The number of nitrogens with two attached hydrogens (primary N) is 1. The normalized spacial score (nSPS) is 16.8. The predicted molar refractivity (Wildman–Crippen MR) is 144 cm³/mol. The molecule has 2 aliphatic heterocycles. The molecule has 4 heterocycles. The minimum Gasteiger partial charge on any atom is -0.447 e. The third-order valence-electron chi connectivity index (χ3n) is 6.85. The average Bonchev–Trinajstić information content (AvgIpc) is 3.67. The highest BCUT2D eigenvalue weighted by atomic mass is 16.7. The number of nitrogens with one attached hydrogen (secondary N) is 1. The van der Waals surface area contributed by atoms with Gasteiger partial charge < -0.3 is 30.2 Å². The van der Waals surface area contributed by atoms with Gasteiger partial charge >= 0.3 is 11.7 Å². The number of carbonyl (C=O) groups is 2. The third-order valence-corrected chi connectivity index (χ3v) is 6.85. The summed E-state index contributed by atoms with van der Waals surface area (Å²) in [5.41, 5.74) is 8.72.